The molecule has 0 spiro atoms. The van der Waals surface area contributed by atoms with E-state index in [1.165, 1.54) is 4.90 Å². The van der Waals surface area contributed by atoms with Gasteiger partial charge in [0.25, 0.3) is 0 Å². The molecule has 2 atom stereocenters. The molecule has 20 heavy (non-hydrogen) atoms. The largest absolute Gasteiger partial charge is 0.444 e. The van der Waals surface area contributed by atoms with Crippen LogP contribution in [0.2, 0.25) is 0 Å². The summed E-state index contributed by atoms with van der Waals surface area (Å²) in [5.74, 6) is -0.317. The topological polar surface area (TPSA) is 55.6 Å². The lowest BCUT2D eigenvalue weighted by atomic mass is 9.97. The fourth-order valence-corrected chi connectivity index (χ4v) is 2.30. The zero-order chi connectivity index (χ0) is 14.9. The number of hydrogen-bond acceptors (Lipinski definition) is 3. The van der Waals surface area contributed by atoms with Gasteiger partial charge in [0.1, 0.15) is 11.8 Å². The Hall–Kier alpha value is -1.78. The number of halogens is 1. The highest BCUT2D eigenvalue weighted by atomic mass is 19.1. The smallest absolute Gasteiger partial charge is 0.410 e. The number of likely N-dealkylation sites (tertiary alicyclic amines) is 1. The second-order valence-electron chi connectivity index (χ2n) is 6.17. The highest BCUT2D eigenvalue weighted by molar-refractivity contribution is 5.69. The molecule has 0 radical (unpaired) electrons. The van der Waals surface area contributed by atoms with Gasteiger partial charge in [-0.05, 0) is 38.5 Å². The number of amides is 1. The van der Waals surface area contributed by atoms with Gasteiger partial charge in [-0.25, -0.2) is 9.18 Å². The van der Waals surface area contributed by atoms with Crippen LogP contribution in [0.3, 0.4) is 0 Å². The number of carbonyl (C=O) groups is 1. The first-order valence-electron chi connectivity index (χ1n) is 6.74. The van der Waals surface area contributed by atoms with Crippen LogP contribution in [-0.2, 0) is 4.74 Å². The molecule has 110 valence electrons. The molecular weight excluding hydrogens is 259 g/mol. The van der Waals surface area contributed by atoms with Crippen LogP contribution >= 0.6 is 0 Å². The van der Waals surface area contributed by atoms with Crippen molar-refractivity contribution in [3.05, 3.63) is 29.8 Å². The summed E-state index contributed by atoms with van der Waals surface area (Å²) in [6.07, 6.45) is -1.54. The van der Waals surface area contributed by atoms with E-state index in [-0.39, 0.29) is 12.5 Å². The van der Waals surface area contributed by atoms with Crippen molar-refractivity contribution in [2.24, 2.45) is 0 Å². The highest BCUT2D eigenvalue weighted by Crippen LogP contribution is 2.31. The first kappa shape index (κ1) is 14.6. The molecule has 1 heterocycles. The molecule has 2 N–H and O–H groups in total. The van der Waals surface area contributed by atoms with Crippen molar-refractivity contribution < 1.29 is 13.9 Å². The maximum atomic E-state index is 14.1. The van der Waals surface area contributed by atoms with E-state index in [1.807, 2.05) is 12.1 Å². The van der Waals surface area contributed by atoms with Crippen molar-refractivity contribution in [1.82, 2.24) is 4.90 Å². The molecule has 0 bridgehead atoms. The van der Waals surface area contributed by atoms with Crippen LogP contribution in [0.15, 0.2) is 24.3 Å². The van der Waals surface area contributed by atoms with Crippen LogP contribution in [0.5, 0.6) is 0 Å². The average molecular weight is 280 g/mol. The van der Waals surface area contributed by atoms with Crippen molar-refractivity contribution >= 4 is 11.8 Å². The van der Waals surface area contributed by atoms with Crippen molar-refractivity contribution in [2.45, 2.75) is 38.5 Å². The number of benzene rings is 1. The second-order valence-corrected chi connectivity index (χ2v) is 6.17. The summed E-state index contributed by atoms with van der Waals surface area (Å²) in [7, 11) is 0. The minimum absolute atomic E-state index is 0.0734. The van der Waals surface area contributed by atoms with Crippen molar-refractivity contribution in [3.63, 3.8) is 0 Å². The van der Waals surface area contributed by atoms with E-state index in [1.54, 1.807) is 32.9 Å². The maximum Gasteiger partial charge on any atom is 0.410 e. The summed E-state index contributed by atoms with van der Waals surface area (Å²) in [5, 5.41) is 0. The van der Waals surface area contributed by atoms with Crippen molar-refractivity contribution in [2.75, 3.05) is 18.8 Å². The zero-order valence-corrected chi connectivity index (χ0v) is 12.1. The SMILES string of the molecule is CC(C)(C)OC(=O)N1C[C@H](F)[C@H](c2ccc(N)cc2)C1. The Bertz CT molecular complexity index is 482. The molecule has 0 aliphatic carbocycles. The van der Waals surface area contributed by atoms with Gasteiger partial charge in [-0.2, -0.15) is 0 Å². The lowest BCUT2D eigenvalue weighted by Gasteiger charge is -2.24. The molecule has 2 rings (SSSR count). The molecule has 1 fully saturated rings. The average Bonchev–Trinajstić information content (AvgIpc) is 2.70. The van der Waals surface area contributed by atoms with Gasteiger partial charge in [0, 0.05) is 18.2 Å². The lowest BCUT2D eigenvalue weighted by Crippen LogP contribution is -2.35. The van der Waals surface area contributed by atoms with Crippen LogP contribution in [-0.4, -0.2) is 35.9 Å². The third kappa shape index (κ3) is 3.40. The van der Waals surface area contributed by atoms with Crippen molar-refractivity contribution in [1.29, 1.82) is 0 Å². The molecule has 1 aliphatic rings. The molecule has 1 aromatic carbocycles. The summed E-state index contributed by atoms with van der Waals surface area (Å²) >= 11 is 0. The van der Waals surface area contributed by atoms with Gasteiger partial charge in [0.15, 0.2) is 0 Å². The van der Waals surface area contributed by atoms with E-state index in [9.17, 15) is 9.18 Å². The van der Waals surface area contributed by atoms with Crippen LogP contribution < -0.4 is 5.73 Å². The number of rotatable bonds is 1. The summed E-state index contributed by atoms with van der Waals surface area (Å²) < 4.78 is 19.4. The van der Waals surface area contributed by atoms with Crippen LogP contribution in [0.25, 0.3) is 0 Å². The Morgan fingerprint density at radius 2 is 1.90 bits per heavy atom. The molecular formula is C15H21FN2O2. The molecule has 1 aliphatic heterocycles. The number of nitrogens with zero attached hydrogens (tertiary/aromatic N) is 1. The van der Waals surface area contributed by atoms with Gasteiger partial charge in [-0.3, -0.25) is 0 Å². The second kappa shape index (κ2) is 5.31. The number of carbonyl (C=O) groups excluding carboxylic acids is 1. The number of alkyl halides is 1. The number of nitrogen functional groups attached to an aromatic ring is 1. The van der Waals surface area contributed by atoms with Gasteiger partial charge in [0.2, 0.25) is 0 Å². The highest BCUT2D eigenvalue weighted by Gasteiger charge is 2.38. The predicted molar refractivity (Wildman–Crippen MR) is 76.3 cm³/mol. The third-order valence-electron chi connectivity index (χ3n) is 3.26. The first-order chi connectivity index (χ1) is 9.26. The van der Waals surface area contributed by atoms with Crippen LogP contribution in [0.1, 0.15) is 32.3 Å². The summed E-state index contributed by atoms with van der Waals surface area (Å²) in [4.78, 5) is 13.4. The Morgan fingerprint density at radius 1 is 1.30 bits per heavy atom. The van der Waals surface area contributed by atoms with Gasteiger partial charge in [-0.15, -0.1) is 0 Å². The lowest BCUT2D eigenvalue weighted by molar-refractivity contribution is 0.0283. The summed E-state index contributed by atoms with van der Waals surface area (Å²) in [5.41, 5.74) is 6.56. The third-order valence-corrected chi connectivity index (χ3v) is 3.26. The Balaban J connectivity index is 2.05. The minimum Gasteiger partial charge on any atom is -0.444 e. The van der Waals surface area contributed by atoms with Crippen LogP contribution in [0.4, 0.5) is 14.9 Å². The molecule has 4 nitrogen and oxygen atoms in total. The van der Waals surface area contributed by atoms with E-state index < -0.39 is 17.9 Å². The molecule has 0 unspecified atom stereocenters. The molecule has 1 saturated heterocycles. The van der Waals surface area contributed by atoms with Gasteiger partial charge in [-0.1, -0.05) is 12.1 Å². The Morgan fingerprint density at radius 3 is 2.45 bits per heavy atom. The van der Waals surface area contributed by atoms with E-state index in [2.05, 4.69) is 0 Å². The first-order valence-corrected chi connectivity index (χ1v) is 6.74. The number of ether oxygens (including phenoxy) is 1. The fraction of sp³-hybridized carbons (Fsp3) is 0.533. The van der Waals surface area contributed by atoms with E-state index in [4.69, 9.17) is 10.5 Å². The van der Waals surface area contributed by atoms with E-state index in [0.717, 1.165) is 5.56 Å². The monoisotopic (exact) mass is 280 g/mol. The zero-order valence-electron chi connectivity index (χ0n) is 12.1. The van der Waals surface area contributed by atoms with Gasteiger partial charge < -0.3 is 15.4 Å². The summed E-state index contributed by atoms with van der Waals surface area (Å²) in [6, 6.07) is 7.12. The number of nitrogens with two attached hydrogens (primary N) is 1. The van der Waals surface area contributed by atoms with Crippen molar-refractivity contribution in [3.8, 4) is 0 Å². The number of hydrogen-bond donors (Lipinski definition) is 1. The quantitative estimate of drug-likeness (QED) is 0.805. The number of anilines is 1. The normalized spacial score (nSPS) is 22.9. The molecule has 1 aromatic rings. The van der Waals surface area contributed by atoms with E-state index in [0.29, 0.717) is 12.2 Å². The Kier molecular flexibility index (Phi) is 3.88. The van der Waals surface area contributed by atoms with E-state index >= 15 is 0 Å². The Labute approximate surface area is 118 Å². The van der Waals surface area contributed by atoms with Gasteiger partial charge in [0.05, 0.1) is 6.54 Å². The maximum absolute atomic E-state index is 14.1. The summed E-state index contributed by atoms with van der Waals surface area (Å²) in [6.45, 7) is 5.80. The van der Waals surface area contributed by atoms with Crippen LogP contribution in [0, 0.1) is 0 Å². The minimum atomic E-state index is -1.08. The molecule has 1 amide bonds. The standard InChI is InChI=1S/C15H21FN2O2/c1-15(2,3)20-14(19)18-8-12(13(16)9-18)10-4-6-11(17)7-5-10/h4-7,12-13H,8-9,17H2,1-3H3/t12-,13-/m0/s1. The molecule has 0 saturated carbocycles. The predicted octanol–water partition coefficient (Wildman–Crippen LogP) is 2.94. The molecule has 0 aromatic heterocycles. The molecule has 5 heteroatoms. The fourth-order valence-electron chi connectivity index (χ4n) is 2.30. The van der Waals surface area contributed by atoms with Gasteiger partial charge >= 0.3 is 6.09 Å².